The summed E-state index contributed by atoms with van der Waals surface area (Å²) in [7, 11) is 0. The van der Waals surface area contributed by atoms with Gasteiger partial charge in [0.05, 0.1) is 23.1 Å². The molecule has 1 aliphatic carbocycles. The summed E-state index contributed by atoms with van der Waals surface area (Å²) in [6, 6.07) is 6.46. The lowest BCUT2D eigenvalue weighted by Crippen LogP contribution is -2.42. The minimum Gasteiger partial charge on any atom is -0.444 e. The number of ether oxygens (including phenoxy) is 1. The van der Waals surface area contributed by atoms with E-state index in [9.17, 15) is 4.79 Å². The van der Waals surface area contributed by atoms with Gasteiger partial charge in [-0.25, -0.2) is 4.79 Å². The second kappa shape index (κ2) is 7.92. The average molecular weight is 435 g/mol. The van der Waals surface area contributed by atoms with E-state index < -0.39 is 5.60 Å². The molecule has 0 saturated heterocycles. The van der Waals surface area contributed by atoms with Gasteiger partial charge in [0.25, 0.3) is 0 Å². The molecule has 3 rings (SSSR count). The first-order chi connectivity index (χ1) is 12.7. The van der Waals surface area contributed by atoms with E-state index in [1.165, 1.54) is 0 Å². The number of nitrogens with zero attached hydrogens (tertiary/aromatic N) is 1. The van der Waals surface area contributed by atoms with Crippen LogP contribution in [0, 0.1) is 0 Å². The average Bonchev–Trinajstić information content (AvgIpc) is 2.57. The van der Waals surface area contributed by atoms with Crippen LogP contribution in [0.4, 0.5) is 16.2 Å². The number of benzene rings is 1. The number of alkyl carbamates (subject to hydrolysis) is 1. The Morgan fingerprint density at radius 2 is 1.89 bits per heavy atom. The van der Waals surface area contributed by atoms with Crippen molar-refractivity contribution < 1.29 is 9.53 Å². The standard InChI is InChI=1S/C20H27BrN4O2/c1-20(2,3)27-19(26)25-14-7-5-13(6-8-14)24-18-15-10-12(21)4-9-17(15)23-11-16(18)22/h4,9-11,13-14H,5-8,22H2,1-3H3,(H,23,24)(H,25,26)/t13-,14+. The number of aromatic nitrogens is 1. The zero-order valence-corrected chi connectivity index (χ0v) is 17.6. The van der Waals surface area contributed by atoms with Crippen LogP contribution < -0.4 is 16.4 Å². The van der Waals surface area contributed by atoms with Crippen molar-refractivity contribution in [3.63, 3.8) is 0 Å². The van der Waals surface area contributed by atoms with Gasteiger partial charge in [-0.05, 0) is 64.7 Å². The summed E-state index contributed by atoms with van der Waals surface area (Å²) in [5.41, 5.74) is 8.21. The molecule has 2 aromatic rings. The molecule has 6 nitrogen and oxygen atoms in total. The Morgan fingerprint density at radius 3 is 2.56 bits per heavy atom. The number of carbonyl (C=O) groups is 1. The highest BCUT2D eigenvalue weighted by Gasteiger charge is 2.25. The number of nitrogens with one attached hydrogen (secondary N) is 2. The molecule has 1 aromatic heterocycles. The first kappa shape index (κ1) is 19.7. The minimum absolute atomic E-state index is 0.151. The lowest BCUT2D eigenvalue weighted by molar-refractivity contribution is 0.0492. The molecule has 0 unspecified atom stereocenters. The Balaban J connectivity index is 1.61. The second-order valence-electron chi connectivity index (χ2n) is 8.09. The Labute approximate surface area is 168 Å². The van der Waals surface area contributed by atoms with Gasteiger partial charge in [0.1, 0.15) is 5.60 Å². The van der Waals surface area contributed by atoms with Gasteiger partial charge in [0.15, 0.2) is 0 Å². The molecule has 0 atom stereocenters. The smallest absolute Gasteiger partial charge is 0.407 e. The van der Waals surface area contributed by atoms with E-state index in [1.807, 2.05) is 39.0 Å². The summed E-state index contributed by atoms with van der Waals surface area (Å²) in [5, 5.41) is 7.59. The van der Waals surface area contributed by atoms with Crippen LogP contribution in [0.5, 0.6) is 0 Å². The SMILES string of the molecule is CC(C)(C)OC(=O)N[C@H]1CC[C@@H](Nc2c(N)cnc3ccc(Br)cc23)CC1. The summed E-state index contributed by atoms with van der Waals surface area (Å²) in [6.45, 7) is 5.61. The summed E-state index contributed by atoms with van der Waals surface area (Å²) in [6.07, 6.45) is 5.09. The molecule has 27 heavy (non-hydrogen) atoms. The summed E-state index contributed by atoms with van der Waals surface area (Å²) in [4.78, 5) is 16.3. The van der Waals surface area contributed by atoms with Gasteiger partial charge in [-0.3, -0.25) is 4.98 Å². The number of nitrogens with two attached hydrogens (primary N) is 1. The Bertz CT molecular complexity index is 821. The van der Waals surface area contributed by atoms with E-state index >= 15 is 0 Å². The largest absolute Gasteiger partial charge is 0.444 e. The molecule has 0 spiro atoms. The summed E-state index contributed by atoms with van der Waals surface area (Å²) in [5.74, 6) is 0. The van der Waals surface area contributed by atoms with Crippen LogP contribution in [-0.4, -0.2) is 28.8 Å². The number of hydrogen-bond donors (Lipinski definition) is 3. The van der Waals surface area contributed by atoms with E-state index in [2.05, 4.69) is 31.5 Å². The Kier molecular flexibility index (Phi) is 5.79. The number of halogens is 1. The number of anilines is 2. The highest BCUT2D eigenvalue weighted by atomic mass is 79.9. The fraction of sp³-hybridized carbons (Fsp3) is 0.500. The molecule has 7 heteroatoms. The van der Waals surface area contributed by atoms with E-state index in [-0.39, 0.29) is 12.1 Å². The van der Waals surface area contributed by atoms with Crippen molar-refractivity contribution in [1.82, 2.24) is 10.3 Å². The van der Waals surface area contributed by atoms with E-state index in [4.69, 9.17) is 10.5 Å². The quantitative estimate of drug-likeness (QED) is 0.643. The maximum Gasteiger partial charge on any atom is 0.407 e. The topological polar surface area (TPSA) is 89.3 Å². The van der Waals surface area contributed by atoms with Crippen LogP contribution in [0.1, 0.15) is 46.5 Å². The minimum atomic E-state index is -0.475. The van der Waals surface area contributed by atoms with Crippen molar-refractivity contribution >= 4 is 44.3 Å². The maximum absolute atomic E-state index is 11.9. The summed E-state index contributed by atoms with van der Waals surface area (Å²) >= 11 is 3.52. The zero-order chi connectivity index (χ0) is 19.6. The number of pyridine rings is 1. The molecule has 1 saturated carbocycles. The Hall–Kier alpha value is -2.02. The van der Waals surface area contributed by atoms with Crippen molar-refractivity contribution in [2.75, 3.05) is 11.1 Å². The van der Waals surface area contributed by atoms with Crippen LogP contribution in [0.25, 0.3) is 10.9 Å². The third-order valence-corrected chi connectivity index (χ3v) is 5.15. The molecule has 4 N–H and O–H groups in total. The predicted octanol–water partition coefficient (Wildman–Crippen LogP) is 4.83. The third kappa shape index (κ3) is 5.25. The van der Waals surface area contributed by atoms with Crippen LogP contribution in [0.2, 0.25) is 0 Å². The number of nitrogen functional groups attached to an aromatic ring is 1. The molecule has 0 radical (unpaired) electrons. The molecular formula is C20H27BrN4O2. The molecule has 1 aromatic carbocycles. The zero-order valence-electron chi connectivity index (χ0n) is 16.0. The third-order valence-electron chi connectivity index (χ3n) is 4.66. The van der Waals surface area contributed by atoms with Gasteiger partial charge in [-0.2, -0.15) is 0 Å². The lowest BCUT2D eigenvalue weighted by atomic mass is 9.91. The van der Waals surface area contributed by atoms with Crippen LogP contribution >= 0.6 is 15.9 Å². The van der Waals surface area contributed by atoms with Gasteiger partial charge in [-0.15, -0.1) is 0 Å². The van der Waals surface area contributed by atoms with Gasteiger partial charge in [-0.1, -0.05) is 15.9 Å². The molecule has 1 amide bonds. The molecule has 146 valence electrons. The number of amides is 1. The monoisotopic (exact) mass is 434 g/mol. The molecule has 1 fully saturated rings. The normalized spacial score (nSPS) is 20.3. The van der Waals surface area contributed by atoms with Crippen molar-refractivity contribution in [3.05, 3.63) is 28.9 Å². The highest BCUT2D eigenvalue weighted by Crippen LogP contribution is 2.32. The number of carbonyl (C=O) groups excluding carboxylic acids is 1. The van der Waals surface area contributed by atoms with Crippen LogP contribution in [-0.2, 0) is 4.74 Å². The molecule has 0 bridgehead atoms. The Morgan fingerprint density at radius 1 is 1.22 bits per heavy atom. The lowest BCUT2D eigenvalue weighted by Gasteiger charge is -2.31. The first-order valence-corrected chi connectivity index (χ1v) is 10.1. The van der Waals surface area contributed by atoms with E-state index in [0.717, 1.165) is 46.7 Å². The number of rotatable bonds is 3. The highest BCUT2D eigenvalue weighted by molar-refractivity contribution is 9.10. The van der Waals surface area contributed by atoms with Crippen molar-refractivity contribution in [1.29, 1.82) is 0 Å². The van der Waals surface area contributed by atoms with Gasteiger partial charge in [0, 0.05) is 21.9 Å². The van der Waals surface area contributed by atoms with Gasteiger partial charge < -0.3 is 21.1 Å². The van der Waals surface area contributed by atoms with Crippen LogP contribution in [0.15, 0.2) is 28.9 Å². The maximum atomic E-state index is 11.9. The number of fused-ring (bicyclic) bond motifs is 1. The summed E-state index contributed by atoms with van der Waals surface area (Å²) < 4.78 is 6.34. The van der Waals surface area contributed by atoms with Crippen LogP contribution in [0.3, 0.4) is 0 Å². The molecule has 1 aliphatic rings. The van der Waals surface area contributed by atoms with E-state index in [0.29, 0.717) is 11.7 Å². The fourth-order valence-electron chi connectivity index (χ4n) is 3.40. The fourth-order valence-corrected chi connectivity index (χ4v) is 3.76. The van der Waals surface area contributed by atoms with E-state index in [1.54, 1.807) is 6.20 Å². The van der Waals surface area contributed by atoms with Gasteiger partial charge >= 0.3 is 6.09 Å². The molecule has 0 aliphatic heterocycles. The van der Waals surface area contributed by atoms with Gasteiger partial charge in [0.2, 0.25) is 0 Å². The number of hydrogen-bond acceptors (Lipinski definition) is 5. The second-order valence-corrected chi connectivity index (χ2v) is 9.00. The van der Waals surface area contributed by atoms with Crippen molar-refractivity contribution in [3.8, 4) is 0 Å². The van der Waals surface area contributed by atoms with Crippen molar-refractivity contribution in [2.24, 2.45) is 0 Å². The molecular weight excluding hydrogens is 408 g/mol. The first-order valence-electron chi connectivity index (χ1n) is 9.31. The van der Waals surface area contributed by atoms with Crippen molar-refractivity contribution in [2.45, 2.75) is 64.1 Å². The predicted molar refractivity (Wildman–Crippen MR) is 113 cm³/mol. The molecule has 1 heterocycles.